The summed E-state index contributed by atoms with van der Waals surface area (Å²) in [6.07, 6.45) is -10.8. The van der Waals surface area contributed by atoms with E-state index < -0.39 is 146 Å². The molecule has 0 spiro atoms. The second kappa shape index (κ2) is 25.9. The van der Waals surface area contributed by atoms with Gasteiger partial charge in [-0.2, -0.15) is 0 Å². The number of aliphatic hydroxyl groups is 2. The highest BCUT2D eigenvalue weighted by molar-refractivity contribution is 5.73. The zero-order valence-electron chi connectivity index (χ0n) is 42.9. The first kappa shape index (κ1) is 57.4. The molecule has 0 bridgehead atoms. The summed E-state index contributed by atoms with van der Waals surface area (Å²) >= 11 is 0. The molecule has 1 amide bonds. The number of hydrogen-bond acceptors (Lipinski definition) is 19. The van der Waals surface area contributed by atoms with Crippen LogP contribution in [0.1, 0.15) is 106 Å². The van der Waals surface area contributed by atoms with Crippen LogP contribution in [-0.4, -0.2) is 175 Å². The molecule has 18 atom stereocenters. The summed E-state index contributed by atoms with van der Waals surface area (Å²) in [5, 5.41) is 23.8. The summed E-state index contributed by atoms with van der Waals surface area (Å²) in [5.41, 5.74) is -0.692. The lowest BCUT2D eigenvalue weighted by atomic mass is 9.82. The summed E-state index contributed by atoms with van der Waals surface area (Å²) in [7, 11) is 4.80. The van der Waals surface area contributed by atoms with Crippen molar-refractivity contribution >= 4 is 36.3 Å². The number of cyclic esters (lactones) is 1. The zero-order valence-corrected chi connectivity index (χ0v) is 42.9. The van der Waals surface area contributed by atoms with Gasteiger partial charge in [-0.15, -0.1) is 0 Å². The van der Waals surface area contributed by atoms with Gasteiger partial charge >= 0.3 is 30.0 Å². The second-order valence-corrected chi connectivity index (χ2v) is 19.6. The van der Waals surface area contributed by atoms with Crippen LogP contribution in [0.4, 0.5) is 4.79 Å². The molecule has 3 saturated heterocycles. The van der Waals surface area contributed by atoms with Gasteiger partial charge < -0.3 is 67.3 Å². The van der Waals surface area contributed by atoms with E-state index in [9.17, 15) is 39.0 Å². The fourth-order valence-corrected chi connectivity index (χ4v) is 10.1. The number of likely N-dealkylation sites (N-methyl/N-ethyl adjacent to an activating group) is 1. The Labute approximate surface area is 416 Å². The minimum absolute atomic E-state index is 0.0691. The van der Waals surface area contributed by atoms with Crippen LogP contribution in [0, 0.1) is 11.8 Å². The zero-order chi connectivity index (χ0) is 52.3. The van der Waals surface area contributed by atoms with Crippen LogP contribution in [0.25, 0.3) is 0 Å². The molecular weight excluding hydrogens is 929 g/mol. The predicted molar refractivity (Wildman–Crippen MR) is 252 cm³/mol. The average Bonchev–Trinajstić information content (AvgIpc) is 3.58. The number of methoxy groups -OCH3 is 1. The van der Waals surface area contributed by atoms with Gasteiger partial charge in [0.1, 0.15) is 54.6 Å². The lowest BCUT2D eigenvalue weighted by Gasteiger charge is -2.50. The SMILES string of the molecule is CCC(=O)O[C@@H]1CC(=O)O[C@H](C)C[C@@H]2OC(=O)N(Cc3ccccc3)[C@@H]2/C=C/[C@H](OC(C)=O)[C@H](C)C[C@H](CC=O)[C@H](O[C@@H]2O[C@H](C)[C@@H](O[C@H]3C[C@@](C)(O)[C@@H](OC(=O)CC)[C@H](C)O3)[C@H](N(C)C)[C@H]2O)[C@H]1OC. The highest BCUT2D eigenvalue weighted by Crippen LogP contribution is 2.38. The number of carbonyl (C=O) groups is 6. The fourth-order valence-electron chi connectivity index (χ4n) is 10.1. The molecule has 3 fully saturated rings. The maximum Gasteiger partial charge on any atom is 0.411 e. The normalized spacial score (nSPS) is 37.8. The molecule has 1 aromatic rings. The van der Waals surface area contributed by atoms with Crippen molar-refractivity contribution in [1.29, 1.82) is 0 Å². The molecule has 0 radical (unpaired) electrons. The van der Waals surface area contributed by atoms with Crippen LogP contribution in [0.2, 0.25) is 0 Å². The van der Waals surface area contributed by atoms with E-state index in [-0.39, 0.29) is 45.1 Å². The Balaban J connectivity index is 1.53. The van der Waals surface area contributed by atoms with E-state index in [2.05, 4.69) is 0 Å². The Bertz CT molecular complexity index is 1970. The molecule has 4 aliphatic rings. The van der Waals surface area contributed by atoms with Crippen molar-refractivity contribution in [1.82, 2.24) is 9.80 Å². The number of rotatable bonds is 15. The molecule has 4 heterocycles. The third-order valence-electron chi connectivity index (χ3n) is 13.6. The monoisotopic (exact) mass is 1000 g/mol. The topological polar surface area (TPSA) is 242 Å². The molecule has 4 aliphatic heterocycles. The molecule has 1 aromatic carbocycles. The number of nitrogens with zero attached hydrogens (tertiary/aromatic N) is 2. The second-order valence-electron chi connectivity index (χ2n) is 19.6. The van der Waals surface area contributed by atoms with Crippen molar-refractivity contribution in [2.75, 3.05) is 21.2 Å². The van der Waals surface area contributed by atoms with E-state index in [0.29, 0.717) is 6.29 Å². The first-order chi connectivity index (χ1) is 33.6. The molecule has 0 unspecified atom stereocenters. The van der Waals surface area contributed by atoms with Crippen molar-refractivity contribution in [3.8, 4) is 0 Å². The number of benzene rings is 1. The highest BCUT2D eigenvalue weighted by atomic mass is 16.7. The Morgan fingerprint density at radius 1 is 0.887 bits per heavy atom. The highest BCUT2D eigenvalue weighted by Gasteiger charge is 2.53. The minimum atomic E-state index is -1.53. The van der Waals surface area contributed by atoms with Gasteiger partial charge in [0.2, 0.25) is 0 Å². The van der Waals surface area contributed by atoms with Crippen LogP contribution >= 0.6 is 0 Å². The van der Waals surface area contributed by atoms with Gasteiger partial charge in [-0.25, -0.2) is 4.79 Å². The summed E-state index contributed by atoms with van der Waals surface area (Å²) in [6, 6.07) is 7.80. The van der Waals surface area contributed by atoms with Crippen LogP contribution in [-0.2, 0) is 77.9 Å². The molecular formula is C51H76N2O18. The predicted octanol–water partition coefficient (Wildman–Crippen LogP) is 4.17. The van der Waals surface area contributed by atoms with E-state index in [0.717, 1.165) is 5.56 Å². The van der Waals surface area contributed by atoms with E-state index >= 15 is 0 Å². The van der Waals surface area contributed by atoms with Gasteiger partial charge in [0.25, 0.3) is 0 Å². The maximum atomic E-state index is 14.0. The Hall–Kier alpha value is -4.54. The van der Waals surface area contributed by atoms with E-state index in [1.165, 1.54) is 21.0 Å². The van der Waals surface area contributed by atoms with E-state index in [4.69, 9.17) is 47.4 Å². The summed E-state index contributed by atoms with van der Waals surface area (Å²) in [5.74, 6) is -3.91. The van der Waals surface area contributed by atoms with E-state index in [1.807, 2.05) is 37.3 Å². The van der Waals surface area contributed by atoms with Crippen LogP contribution in [0.15, 0.2) is 42.5 Å². The van der Waals surface area contributed by atoms with Gasteiger partial charge in [0, 0.05) is 52.7 Å². The molecule has 0 aliphatic carbocycles. The number of ether oxygens (including phenoxy) is 10. The van der Waals surface area contributed by atoms with Crippen molar-refractivity contribution in [3.05, 3.63) is 48.0 Å². The molecule has 71 heavy (non-hydrogen) atoms. The minimum Gasteiger partial charge on any atom is -0.462 e. The maximum absolute atomic E-state index is 14.0. The lowest BCUT2D eigenvalue weighted by molar-refractivity contribution is -0.344. The summed E-state index contributed by atoms with van der Waals surface area (Å²) in [4.78, 5) is 81.7. The molecule has 20 nitrogen and oxygen atoms in total. The van der Waals surface area contributed by atoms with Gasteiger partial charge in [0.15, 0.2) is 18.7 Å². The Kier molecular flexibility index (Phi) is 20.9. The smallest absolute Gasteiger partial charge is 0.411 e. The van der Waals surface area contributed by atoms with Crippen molar-refractivity contribution in [3.63, 3.8) is 0 Å². The van der Waals surface area contributed by atoms with Crippen molar-refractivity contribution in [2.24, 2.45) is 11.8 Å². The van der Waals surface area contributed by atoms with E-state index in [1.54, 1.807) is 70.7 Å². The van der Waals surface area contributed by atoms with Crippen LogP contribution in [0.5, 0.6) is 0 Å². The first-order valence-electron chi connectivity index (χ1n) is 24.7. The number of carbonyl (C=O) groups excluding carboxylic acids is 6. The molecule has 0 saturated carbocycles. The largest absolute Gasteiger partial charge is 0.462 e. The number of fused-ring (bicyclic) bond motifs is 1. The number of aldehydes is 1. The fraction of sp³-hybridized carbons (Fsp3) is 0.725. The van der Waals surface area contributed by atoms with Gasteiger partial charge in [0.05, 0.1) is 36.8 Å². The quantitative estimate of drug-likeness (QED) is 0.108. The molecule has 0 aromatic heterocycles. The third-order valence-corrected chi connectivity index (χ3v) is 13.6. The molecule has 2 N–H and O–H groups in total. The first-order valence-corrected chi connectivity index (χ1v) is 24.7. The third kappa shape index (κ3) is 15.0. The average molecular weight is 1010 g/mol. The Morgan fingerprint density at radius 3 is 2.17 bits per heavy atom. The number of hydrogen-bond donors (Lipinski definition) is 2. The lowest BCUT2D eigenvalue weighted by Crippen LogP contribution is -2.66. The standard InChI is InChI=1S/C51H76N2O18/c1-12-39(56)67-38-25-41(58)63-29(4)24-37-35(53(50(60)68-37)27-33-17-15-14-16-18-33)19-20-36(66-32(7)55)28(3)23-34(21-22-54)46(47(38)62-11)71-49-44(59)43(52(9)10)45(30(5)65-49)70-42-26-51(8,61)48(31(6)64-42)69-40(57)13-2/h14-20,22,28-31,34-38,42-49,59,61H,12-13,21,23-27H2,1-11H3/b20-19+/t28-,29-,30-,31+,34+,35-,36+,37+,38-,42+,43-,44-,45-,46+,47+,48+,49+,51-/m1/s1. The Morgan fingerprint density at radius 2 is 1.56 bits per heavy atom. The molecule has 398 valence electrons. The van der Waals surface area contributed by atoms with Crippen molar-refractivity contribution in [2.45, 2.75) is 204 Å². The summed E-state index contributed by atoms with van der Waals surface area (Å²) < 4.78 is 61.2. The number of aliphatic hydroxyl groups excluding tert-OH is 1. The number of esters is 4. The van der Waals surface area contributed by atoms with Gasteiger partial charge in [-0.1, -0.05) is 57.2 Å². The number of amides is 1. The van der Waals surface area contributed by atoms with Crippen LogP contribution < -0.4 is 0 Å². The van der Waals surface area contributed by atoms with Gasteiger partial charge in [-0.3, -0.25) is 24.1 Å². The molecule has 20 heteroatoms. The summed E-state index contributed by atoms with van der Waals surface area (Å²) in [6.45, 7) is 13.1. The van der Waals surface area contributed by atoms with Gasteiger partial charge in [-0.05, 0) is 71.7 Å². The molecule has 5 rings (SSSR count). The van der Waals surface area contributed by atoms with Crippen LogP contribution in [0.3, 0.4) is 0 Å². The van der Waals surface area contributed by atoms with Crippen molar-refractivity contribution < 1.29 is 86.3 Å².